The van der Waals surface area contributed by atoms with Crippen molar-refractivity contribution in [1.29, 1.82) is 0 Å². The molecule has 5 nitrogen and oxygen atoms in total. The molecule has 0 atom stereocenters. The lowest BCUT2D eigenvalue weighted by Crippen LogP contribution is -2.51. The summed E-state index contributed by atoms with van der Waals surface area (Å²) in [6.07, 6.45) is 1.86. The lowest BCUT2D eigenvalue weighted by molar-refractivity contribution is -0.128. The predicted molar refractivity (Wildman–Crippen MR) is 81.8 cm³/mol. The minimum Gasteiger partial charge on any atom is -0.353 e. The third-order valence-electron chi connectivity index (χ3n) is 4.24. The Morgan fingerprint density at radius 1 is 1.15 bits per heavy atom. The van der Waals surface area contributed by atoms with E-state index in [2.05, 4.69) is 25.8 Å². The number of ether oxygens (including phenoxy) is 1. The van der Waals surface area contributed by atoms with Crippen molar-refractivity contribution in [2.24, 2.45) is 0 Å². The van der Waals surface area contributed by atoms with Gasteiger partial charge in [0.2, 0.25) is 0 Å². The van der Waals surface area contributed by atoms with E-state index in [4.69, 9.17) is 4.74 Å². The first-order chi connectivity index (χ1) is 9.26. The molecule has 2 aliphatic heterocycles. The van der Waals surface area contributed by atoms with Gasteiger partial charge in [-0.3, -0.25) is 4.90 Å². The van der Waals surface area contributed by atoms with Crippen LogP contribution in [0.5, 0.6) is 0 Å². The summed E-state index contributed by atoms with van der Waals surface area (Å²) in [6.45, 7) is 10.8. The fourth-order valence-electron chi connectivity index (χ4n) is 2.91. The van der Waals surface area contributed by atoms with E-state index in [0.717, 1.165) is 32.5 Å². The summed E-state index contributed by atoms with van der Waals surface area (Å²) < 4.78 is 6.25. The number of hydrogen-bond donors (Lipinski definition) is 0. The maximum Gasteiger partial charge on any atom is 0.319 e. The number of carbonyl (C=O) groups is 1. The van der Waals surface area contributed by atoms with Gasteiger partial charge in [0.25, 0.3) is 0 Å². The second-order valence-corrected chi connectivity index (χ2v) is 6.25. The van der Waals surface area contributed by atoms with Gasteiger partial charge in [-0.1, -0.05) is 13.8 Å². The standard InChI is InChI=1S/C13H25N3O2.C2H6/c1-12(2)15(5)10-13(18-12)6-8-16(9-7-13)11(17)14(3)4;1-2/h6-10H2,1-5H3;1-2H3. The van der Waals surface area contributed by atoms with Gasteiger partial charge in [-0.05, 0) is 33.7 Å². The maximum absolute atomic E-state index is 11.9. The molecule has 0 bridgehead atoms. The molecule has 2 saturated heterocycles. The number of urea groups is 1. The zero-order chi connectivity index (χ0) is 15.6. The summed E-state index contributed by atoms with van der Waals surface area (Å²) in [5.41, 5.74) is -0.241. The minimum absolute atomic E-state index is 0.0542. The summed E-state index contributed by atoms with van der Waals surface area (Å²) in [7, 11) is 5.71. The number of likely N-dealkylation sites (tertiary alicyclic amines) is 1. The highest BCUT2D eigenvalue weighted by atomic mass is 16.6. The van der Waals surface area contributed by atoms with Crippen LogP contribution in [0.1, 0.15) is 40.5 Å². The van der Waals surface area contributed by atoms with E-state index >= 15 is 0 Å². The first kappa shape index (κ1) is 17.2. The molecule has 0 aliphatic carbocycles. The van der Waals surface area contributed by atoms with Crippen molar-refractivity contribution >= 4 is 6.03 Å². The van der Waals surface area contributed by atoms with Crippen LogP contribution in [0.15, 0.2) is 0 Å². The summed E-state index contributed by atoms with van der Waals surface area (Å²) >= 11 is 0. The van der Waals surface area contributed by atoms with E-state index in [1.807, 2.05) is 18.7 Å². The average Bonchev–Trinajstić information content (AvgIpc) is 2.61. The van der Waals surface area contributed by atoms with Gasteiger partial charge in [-0.25, -0.2) is 4.79 Å². The fraction of sp³-hybridized carbons (Fsp3) is 0.933. The molecule has 2 heterocycles. The van der Waals surface area contributed by atoms with Crippen LogP contribution in [0.4, 0.5) is 4.79 Å². The van der Waals surface area contributed by atoms with Crippen molar-refractivity contribution in [1.82, 2.24) is 14.7 Å². The van der Waals surface area contributed by atoms with Crippen LogP contribution in [0.3, 0.4) is 0 Å². The van der Waals surface area contributed by atoms with E-state index in [1.165, 1.54) is 0 Å². The lowest BCUT2D eigenvalue weighted by atomic mass is 9.91. The number of piperidine rings is 1. The lowest BCUT2D eigenvalue weighted by Gasteiger charge is -2.39. The van der Waals surface area contributed by atoms with Crippen LogP contribution in [0.2, 0.25) is 0 Å². The molecule has 0 unspecified atom stereocenters. The van der Waals surface area contributed by atoms with E-state index in [0.29, 0.717) is 0 Å². The molecule has 2 aliphatic rings. The monoisotopic (exact) mass is 285 g/mol. The Balaban J connectivity index is 0.000000956. The molecular weight excluding hydrogens is 254 g/mol. The second-order valence-electron chi connectivity index (χ2n) is 6.25. The number of hydrogen-bond acceptors (Lipinski definition) is 3. The van der Waals surface area contributed by atoms with E-state index in [1.54, 1.807) is 19.0 Å². The first-order valence-electron chi connectivity index (χ1n) is 7.63. The van der Waals surface area contributed by atoms with Crippen LogP contribution in [0, 0.1) is 0 Å². The molecule has 118 valence electrons. The van der Waals surface area contributed by atoms with Crippen LogP contribution in [0.25, 0.3) is 0 Å². The average molecular weight is 285 g/mol. The molecule has 5 heteroatoms. The van der Waals surface area contributed by atoms with Gasteiger partial charge < -0.3 is 14.5 Å². The highest BCUT2D eigenvalue weighted by Crippen LogP contribution is 2.39. The first-order valence-corrected chi connectivity index (χ1v) is 7.63. The Kier molecular flexibility index (Phi) is 5.44. The van der Waals surface area contributed by atoms with Crippen LogP contribution < -0.4 is 0 Å². The molecule has 0 radical (unpaired) electrons. The van der Waals surface area contributed by atoms with Crippen molar-refractivity contribution in [2.45, 2.75) is 51.9 Å². The zero-order valence-electron chi connectivity index (χ0n) is 14.2. The van der Waals surface area contributed by atoms with Crippen LogP contribution >= 0.6 is 0 Å². The van der Waals surface area contributed by atoms with Crippen molar-refractivity contribution in [3.05, 3.63) is 0 Å². The van der Waals surface area contributed by atoms with E-state index < -0.39 is 0 Å². The Bertz CT molecular complexity index is 334. The molecular formula is C15H31N3O2. The summed E-state index contributed by atoms with van der Waals surface area (Å²) in [5.74, 6) is 0. The molecule has 2 rings (SSSR count). The van der Waals surface area contributed by atoms with Gasteiger partial charge in [-0.2, -0.15) is 0 Å². The van der Waals surface area contributed by atoms with Crippen molar-refractivity contribution in [3.8, 4) is 0 Å². The van der Waals surface area contributed by atoms with Crippen molar-refractivity contribution in [3.63, 3.8) is 0 Å². The third kappa shape index (κ3) is 3.44. The third-order valence-corrected chi connectivity index (χ3v) is 4.24. The molecule has 0 N–H and O–H groups in total. The number of rotatable bonds is 0. The van der Waals surface area contributed by atoms with Gasteiger partial charge in [0.05, 0.1) is 5.60 Å². The van der Waals surface area contributed by atoms with Gasteiger partial charge in [-0.15, -0.1) is 0 Å². The Hall–Kier alpha value is -0.810. The highest BCUT2D eigenvalue weighted by Gasteiger charge is 2.49. The molecule has 20 heavy (non-hydrogen) atoms. The maximum atomic E-state index is 11.9. The summed E-state index contributed by atoms with van der Waals surface area (Å²) in [5, 5.41) is 0. The van der Waals surface area contributed by atoms with Gasteiger partial charge in [0.15, 0.2) is 0 Å². The second kappa shape index (κ2) is 6.31. The summed E-state index contributed by atoms with van der Waals surface area (Å²) in [4.78, 5) is 17.7. The Morgan fingerprint density at radius 3 is 2.00 bits per heavy atom. The fourth-order valence-corrected chi connectivity index (χ4v) is 2.91. The van der Waals surface area contributed by atoms with Gasteiger partial charge in [0.1, 0.15) is 5.72 Å². The number of likely N-dealkylation sites (N-methyl/N-ethyl adjacent to an activating group) is 1. The van der Waals surface area contributed by atoms with Crippen LogP contribution in [-0.4, -0.2) is 72.8 Å². The summed E-state index contributed by atoms with van der Waals surface area (Å²) in [6, 6.07) is 0.107. The van der Waals surface area contributed by atoms with Gasteiger partial charge >= 0.3 is 6.03 Å². The smallest absolute Gasteiger partial charge is 0.319 e. The predicted octanol–water partition coefficient (Wildman–Crippen LogP) is 2.23. The zero-order valence-corrected chi connectivity index (χ0v) is 14.2. The quantitative estimate of drug-likeness (QED) is 0.685. The van der Waals surface area contributed by atoms with Crippen molar-refractivity contribution < 1.29 is 9.53 Å². The largest absolute Gasteiger partial charge is 0.353 e. The van der Waals surface area contributed by atoms with E-state index in [9.17, 15) is 4.79 Å². The van der Waals surface area contributed by atoms with E-state index in [-0.39, 0.29) is 17.4 Å². The number of nitrogens with zero attached hydrogens (tertiary/aromatic N) is 3. The number of amides is 2. The van der Waals surface area contributed by atoms with Crippen LogP contribution in [-0.2, 0) is 4.74 Å². The van der Waals surface area contributed by atoms with Crippen molar-refractivity contribution in [2.75, 3.05) is 40.8 Å². The molecule has 0 aromatic heterocycles. The topological polar surface area (TPSA) is 36.0 Å². The Labute approximate surface area is 123 Å². The molecule has 0 saturated carbocycles. The highest BCUT2D eigenvalue weighted by molar-refractivity contribution is 5.73. The molecule has 2 fully saturated rings. The molecule has 0 aromatic rings. The minimum atomic E-state index is -0.187. The molecule has 2 amide bonds. The Morgan fingerprint density at radius 2 is 1.65 bits per heavy atom. The van der Waals surface area contributed by atoms with Gasteiger partial charge in [0, 0.05) is 33.7 Å². The normalized spacial score (nSPS) is 24.2. The molecule has 0 aromatic carbocycles. The SMILES string of the molecule is CC.CN(C)C(=O)N1CCC2(CC1)CN(C)C(C)(C)O2. The number of carbonyl (C=O) groups excluding carboxylic acids is 1. The molecule has 1 spiro atoms.